The maximum Gasteiger partial charge on any atom is 0.326 e. The number of likely N-dealkylation sites (tertiary alicyclic amines) is 1. The summed E-state index contributed by atoms with van der Waals surface area (Å²) in [5.41, 5.74) is 0. The molecule has 2 N–H and O–H groups in total. The van der Waals surface area contributed by atoms with E-state index in [4.69, 9.17) is 5.11 Å². The summed E-state index contributed by atoms with van der Waals surface area (Å²) in [6.07, 6.45) is 3.39. The highest BCUT2D eigenvalue weighted by Gasteiger charge is 2.33. The first-order valence-corrected chi connectivity index (χ1v) is 6.37. The third-order valence-electron chi connectivity index (χ3n) is 3.50. The van der Waals surface area contributed by atoms with Crippen LogP contribution in [0.1, 0.15) is 39.5 Å². The number of rotatable bonds is 5. The Morgan fingerprint density at radius 1 is 1.41 bits per heavy atom. The molecule has 1 fully saturated rings. The SMILES string of the molecule is CCC(CC)CNC(=O)N1CCCC1C(=O)O. The Bertz CT molecular complexity index is 277. The van der Waals surface area contributed by atoms with Crippen LogP contribution in [0.15, 0.2) is 0 Å². The molecular weight excluding hydrogens is 220 g/mol. The van der Waals surface area contributed by atoms with Gasteiger partial charge in [0.15, 0.2) is 0 Å². The molecule has 0 aromatic rings. The lowest BCUT2D eigenvalue weighted by Gasteiger charge is -2.23. The van der Waals surface area contributed by atoms with Crippen molar-refractivity contribution in [3.05, 3.63) is 0 Å². The first-order chi connectivity index (χ1) is 8.10. The molecule has 0 radical (unpaired) electrons. The standard InChI is InChI=1S/C12H22N2O3/c1-3-9(4-2)8-13-12(17)14-7-5-6-10(14)11(15)16/h9-10H,3-8H2,1-2H3,(H,13,17)(H,15,16). The van der Waals surface area contributed by atoms with Crippen LogP contribution in [0.25, 0.3) is 0 Å². The van der Waals surface area contributed by atoms with Crippen molar-refractivity contribution in [2.24, 2.45) is 5.92 Å². The highest BCUT2D eigenvalue weighted by Crippen LogP contribution is 2.17. The predicted octanol–water partition coefficient (Wildman–Crippen LogP) is 1.68. The number of nitrogens with zero attached hydrogens (tertiary/aromatic N) is 1. The Morgan fingerprint density at radius 3 is 2.59 bits per heavy atom. The number of hydrogen-bond donors (Lipinski definition) is 2. The molecule has 1 unspecified atom stereocenters. The molecular formula is C12H22N2O3. The van der Waals surface area contributed by atoms with Gasteiger partial charge in [0.05, 0.1) is 0 Å². The smallest absolute Gasteiger partial charge is 0.326 e. The minimum atomic E-state index is -0.903. The van der Waals surface area contributed by atoms with Gasteiger partial charge in [0.25, 0.3) is 0 Å². The fraction of sp³-hybridized carbons (Fsp3) is 0.833. The number of nitrogens with one attached hydrogen (secondary N) is 1. The summed E-state index contributed by atoms with van der Waals surface area (Å²) in [5, 5.41) is 11.8. The van der Waals surface area contributed by atoms with Crippen molar-refractivity contribution in [2.75, 3.05) is 13.1 Å². The van der Waals surface area contributed by atoms with Crippen LogP contribution < -0.4 is 5.32 Å². The summed E-state index contributed by atoms with van der Waals surface area (Å²) >= 11 is 0. The molecule has 1 aliphatic heterocycles. The molecule has 1 aliphatic rings. The van der Waals surface area contributed by atoms with Crippen LogP contribution in [-0.4, -0.2) is 41.1 Å². The first kappa shape index (κ1) is 13.8. The minimum absolute atomic E-state index is 0.234. The Kier molecular flexibility index (Phi) is 5.25. The lowest BCUT2D eigenvalue weighted by molar-refractivity contribution is -0.141. The lowest BCUT2D eigenvalue weighted by atomic mass is 10.0. The average molecular weight is 242 g/mol. The van der Waals surface area contributed by atoms with Gasteiger partial charge in [-0.25, -0.2) is 9.59 Å². The second-order valence-corrected chi connectivity index (χ2v) is 4.56. The number of carbonyl (C=O) groups is 2. The maximum atomic E-state index is 11.8. The quantitative estimate of drug-likeness (QED) is 0.770. The zero-order valence-corrected chi connectivity index (χ0v) is 10.6. The number of carboxylic acid groups (broad SMARTS) is 1. The molecule has 1 heterocycles. The molecule has 0 aliphatic carbocycles. The molecule has 98 valence electrons. The third kappa shape index (κ3) is 3.61. The van der Waals surface area contributed by atoms with E-state index in [0.29, 0.717) is 25.4 Å². The van der Waals surface area contributed by atoms with E-state index in [2.05, 4.69) is 19.2 Å². The molecule has 17 heavy (non-hydrogen) atoms. The van der Waals surface area contributed by atoms with Crippen molar-refractivity contribution >= 4 is 12.0 Å². The molecule has 2 amide bonds. The van der Waals surface area contributed by atoms with Gasteiger partial charge in [-0.3, -0.25) is 0 Å². The number of amides is 2. The van der Waals surface area contributed by atoms with E-state index in [9.17, 15) is 9.59 Å². The van der Waals surface area contributed by atoms with E-state index < -0.39 is 12.0 Å². The lowest BCUT2D eigenvalue weighted by Crippen LogP contribution is -2.47. The van der Waals surface area contributed by atoms with Gasteiger partial charge in [0.2, 0.25) is 0 Å². The molecule has 0 saturated carbocycles. The summed E-state index contributed by atoms with van der Waals surface area (Å²) in [5.74, 6) is -0.426. The van der Waals surface area contributed by atoms with E-state index in [1.165, 1.54) is 4.90 Å². The normalized spacial score (nSPS) is 19.7. The zero-order valence-electron chi connectivity index (χ0n) is 10.6. The molecule has 0 bridgehead atoms. The molecule has 0 spiro atoms. The number of aliphatic carboxylic acids is 1. The Morgan fingerprint density at radius 2 is 2.06 bits per heavy atom. The van der Waals surface area contributed by atoms with Crippen LogP contribution in [0.3, 0.4) is 0 Å². The van der Waals surface area contributed by atoms with Crippen molar-refractivity contribution < 1.29 is 14.7 Å². The van der Waals surface area contributed by atoms with Crippen LogP contribution in [0.4, 0.5) is 4.79 Å². The van der Waals surface area contributed by atoms with Crippen LogP contribution in [-0.2, 0) is 4.79 Å². The third-order valence-corrected chi connectivity index (χ3v) is 3.50. The van der Waals surface area contributed by atoms with Crippen LogP contribution >= 0.6 is 0 Å². The minimum Gasteiger partial charge on any atom is -0.480 e. The van der Waals surface area contributed by atoms with Crippen molar-refractivity contribution in [2.45, 2.75) is 45.6 Å². The van der Waals surface area contributed by atoms with Gasteiger partial charge in [0.1, 0.15) is 6.04 Å². The van der Waals surface area contributed by atoms with Gasteiger partial charge < -0.3 is 15.3 Å². The molecule has 0 aromatic heterocycles. The van der Waals surface area contributed by atoms with E-state index in [1.54, 1.807) is 0 Å². The summed E-state index contributed by atoms with van der Waals surface area (Å²) in [7, 11) is 0. The highest BCUT2D eigenvalue weighted by molar-refractivity contribution is 5.83. The molecule has 1 atom stereocenters. The van der Waals surface area contributed by atoms with Crippen LogP contribution in [0, 0.1) is 5.92 Å². The fourth-order valence-electron chi connectivity index (χ4n) is 2.18. The first-order valence-electron chi connectivity index (χ1n) is 6.37. The maximum absolute atomic E-state index is 11.8. The topological polar surface area (TPSA) is 69.6 Å². The predicted molar refractivity (Wildman–Crippen MR) is 64.8 cm³/mol. The molecule has 1 rings (SSSR count). The second-order valence-electron chi connectivity index (χ2n) is 4.56. The van der Waals surface area contributed by atoms with Crippen molar-refractivity contribution in [3.8, 4) is 0 Å². The zero-order chi connectivity index (χ0) is 12.8. The average Bonchev–Trinajstić information content (AvgIpc) is 2.79. The number of hydrogen-bond acceptors (Lipinski definition) is 2. The van der Waals surface area contributed by atoms with Gasteiger partial charge >= 0.3 is 12.0 Å². The summed E-state index contributed by atoms with van der Waals surface area (Å²) < 4.78 is 0. The van der Waals surface area contributed by atoms with Crippen molar-refractivity contribution in [1.82, 2.24) is 10.2 Å². The Hall–Kier alpha value is -1.26. The highest BCUT2D eigenvalue weighted by atomic mass is 16.4. The van der Waals surface area contributed by atoms with Crippen LogP contribution in [0.2, 0.25) is 0 Å². The van der Waals surface area contributed by atoms with Gasteiger partial charge in [-0.05, 0) is 18.8 Å². The van der Waals surface area contributed by atoms with Gasteiger partial charge in [0, 0.05) is 13.1 Å². The fourth-order valence-corrected chi connectivity index (χ4v) is 2.18. The molecule has 1 saturated heterocycles. The van der Waals surface area contributed by atoms with Gasteiger partial charge in [-0.15, -0.1) is 0 Å². The van der Waals surface area contributed by atoms with Crippen LogP contribution in [0.5, 0.6) is 0 Å². The van der Waals surface area contributed by atoms with E-state index >= 15 is 0 Å². The van der Waals surface area contributed by atoms with Crippen molar-refractivity contribution in [1.29, 1.82) is 0 Å². The molecule has 5 heteroatoms. The Balaban J connectivity index is 2.44. The summed E-state index contributed by atoms with van der Waals surface area (Å²) in [4.78, 5) is 24.2. The second kappa shape index (κ2) is 6.47. The number of urea groups is 1. The molecule has 0 aromatic carbocycles. The van der Waals surface area contributed by atoms with Crippen molar-refractivity contribution in [3.63, 3.8) is 0 Å². The largest absolute Gasteiger partial charge is 0.480 e. The molecule has 5 nitrogen and oxygen atoms in total. The monoisotopic (exact) mass is 242 g/mol. The Labute approximate surface area is 102 Å². The summed E-state index contributed by atoms with van der Waals surface area (Å²) in [6, 6.07) is -0.876. The van der Waals surface area contributed by atoms with Gasteiger partial charge in [-0.1, -0.05) is 26.7 Å². The van der Waals surface area contributed by atoms with E-state index in [1.807, 2.05) is 0 Å². The van der Waals surface area contributed by atoms with Gasteiger partial charge in [-0.2, -0.15) is 0 Å². The number of carboxylic acids is 1. The number of carbonyl (C=O) groups excluding carboxylic acids is 1. The van der Waals surface area contributed by atoms with E-state index in [0.717, 1.165) is 19.3 Å². The summed E-state index contributed by atoms with van der Waals surface area (Å²) in [6.45, 7) is 5.37. The van der Waals surface area contributed by atoms with E-state index in [-0.39, 0.29) is 6.03 Å².